The number of hydrogen-bond donors (Lipinski definition) is 3. The normalized spacial score (nSPS) is 10.6. The summed E-state index contributed by atoms with van der Waals surface area (Å²) in [5.74, 6) is -0.0441. The molecule has 1 amide bonds. The van der Waals surface area contributed by atoms with E-state index in [1.54, 1.807) is 12.1 Å². The molecule has 3 rings (SSSR count). The number of rotatable bonds is 10. The first-order valence-corrected chi connectivity index (χ1v) is 9.82. The number of nitro benzene ring substituents is 1. The van der Waals surface area contributed by atoms with Gasteiger partial charge in [0.1, 0.15) is 6.04 Å². The van der Waals surface area contributed by atoms with E-state index in [0.717, 1.165) is 16.8 Å². The minimum atomic E-state index is -0.432. The van der Waals surface area contributed by atoms with Gasteiger partial charge in [-0.15, -0.1) is 0 Å². The lowest BCUT2D eigenvalue weighted by molar-refractivity contribution is -0.676. The summed E-state index contributed by atoms with van der Waals surface area (Å²) in [5.41, 5.74) is 3.12. The number of carbonyl (C=O) groups excluding carboxylic acids is 1. The van der Waals surface area contributed by atoms with E-state index in [9.17, 15) is 14.9 Å². The molecule has 0 spiro atoms. The lowest BCUT2D eigenvalue weighted by Gasteiger charge is -2.16. The average Bonchev–Trinajstić information content (AvgIpc) is 2.78. The minimum Gasteiger partial charge on any atom is -0.383 e. The summed E-state index contributed by atoms with van der Waals surface area (Å²) >= 11 is 0. The molecule has 7 nitrogen and oxygen atoms in total. The highest BCUT2D eigenvalue weighted by Gasteiger charge is 2.18. The molecule has 154 valence electrons. The third kappa shape index (κ3) is 6.15. The van der Waals surface area contributed by atoms with Crippen molar-refractivity contribution in [2.24, 2.45) is 0 Å². The lowest BCUT2D eigenvalue weighted by atomic mass is 9.99. The van der Waals surface area contributed by atoms with Crippen LogP contribution in [0.3, 0.4) is 0 Å². The number of nitro groups is 1. The Morgan fingerprint density at radius 2 is 1.43 bits per heavy atom. The summed E-state index contributed by atoms with van der Waals surface area (Å²) in [7, 11) is 0. The van der Waals surface area contributed by atoms with Crippen LogP contribution in [-0.4, -0.2) is 30.5 Å². The van der Waals surface area contributed by atoms with Crippen molar-refractivity contribution < 1.29 is 15.0 Å². The Balaban J connectivity index is 1.46. The molecule has 0 bridgehead atoms. The van der Waals surface area contributed by atoms with E-state index < -0.39 is 4.92 Å². The zero-order valence-corrected chi connectivity index (χ0v) is 16.5. The van der Waals surface area contributed by atoms with E-state index in [2.05, 4.69) is 34.9 Å². The Bertz CT molecular complexity index is 908. The van der Waals surface area contributed by atoms with Gasteiger partial charge in [-0.3, -0.25) is 14.9 Å². The smallest absolute Gasteiger partial charge is 0.275 e. The SMILES string of the molecule is O=C(C[NH2+]C(c1ccccc1)c1ccccc1)NCCNc1ccc([N+](=O)[O-])cc1. The van der Waals surface area contributed by atoms with Gasteiger partial charge in [0.25, 0.3) is 11.6 Å². The molecule has 0 aromatic heterocycles. The van der Waals surface area contributed by atoms with Gasteiger partial charge in [-0.2, -0.15) is 0 Å². The molecular formula is C23H25N4O3+. The van der Waals surface area contributed by atoms with Crippen molar-refractivity contribution in [3.05, 3.63) is 106 Å². The fourth-order valence-corrected chi connectivity index (χ4v) is 3.19. The highest BCUT2D eigenvalue weighted by atomic mass is 16.6. The van der Waals surface area contributed by atoms with Crippen molar-refractivity contribution in [1.29, 1.82) is 0 Å². The van der Waals surface area contributed by atoms with Crippen molar-refractivity contribution in [3.63, 3.8) is 0 Å². The fourth-order valence-electron chi connectivity index (χ4n) is 3.19. The van der Waals surface area contributed by atoms with Gasteiger partial charge in [-0.1, -0.05) is 60.7 Å². The first-order valence-electron chi connectivity index (χ1n) is 9.82. The van der Waals surface area contributed by atoms with Crippen molar-refractivity contribution in [2.45, 2.75) is 6.04 Å². The van der Waals surface area contributed by atoms with Crippen LogP contribution in [0.4, 0.5) is 11.4 Å². The average molecular weight is 405 g/mol. The highest BCUT2D eigenvalue weighted by molar-refractivity contribution is 5.76. The minimum absolute atomic E-state index is 0.0441. The first kappa shape index (κ1) is 21.0. The molecule has 7 heteroatoms. The second-order valence-corrected chi connectivity index (χ2v) is 6.82. The number of quaternary nitrogens is 1. The number of nitrogens with one attached hydrogen (secondary N) is 2. The monoisotopic (exact) mass is 405 g/mol. The Hall–Kier alpha value is -3.71. The van der Waals surface area contributed by atoms with Crippen molar-refractivity contribution in [2.75, 3.05) is 25.0 Å². The van der Waals surface area contributed by atoms with Gasteiger partial charge >= 0.3 is 0 Å². The molecule has 0 aliphatic carbocycles. The predicted octanol–water partition coefficient (Wildman–Crippen LogP) is 2.48. The maximum Gasteiger partial charge on any atom is 0.275 e. The number of amides is 1. The summed E-state index contributed by atoms with van der Waals surface area (Å²) in [5, 5.41) is 18.7. The molecule has 3 aromatic carbocycles. The summed E-state index contributed by atoms with van der Waals surface area (Å²) < 4.78 is 0. The molecule has 3 aromatic rings. The van der Waals surface area contributed by atoms with Crippen LogP contribution in [0.1, 0.15) is 17.2 Å². The summed E-state index contributed by atoms with van der Waals surface area (Å²) in [4.78, 5) is 22.5. The Labute approximate surface area is 175 Å². The molecular weight excluding hydrogens is 380 g/mol. The highest BCUT2D eigenvalue weighted by Crippen LogP contribution is 2.17. The molecule has 0 aliphatic rings. The topological polar surface area (TPSA) is 101 Å². The second-order valence-electron chi connectivity index (χ2n) is 6.82. The molecule has 0 saturated heterocycles. The zero-order chi connectivity index (χ0) is 21.2. The molecule has 0 aliphatic heterocycles. The maximum absolute atomic E-state index is 12.3. The molecule has 0 heterocycles. The molecule has 0 saturated carbocycles. The first-order chi connectivity index (χ1) is 14.6. The molecule has 30 heavy (non-hydrogen) atoms. The number of nitrogens with zero attached hydrogens (tertiary/aromatic N) is 1. The van der Waals surface area contributed by atoms with Crippen LogP contribution >= 0.6 is 0 Å². The van der Waals surface area contributed by atoms with E-state index in [-0.39, 0.29) is 17.6 Å². The lowest BCUT2D eigenvalue weighted by Crippen LogP contribution is -2.87. The van der Waals surface area contributed by atoms with Gasteiger partial charge in [0, 0.05) is 42.0 Å². The molecule has 0 atom stereocenters. The Morgan fingerprint density at radius 3 is 1.97 bits per heavy atom. The summed E-state index contributed by atoms with van der Waals surface area (Å²) in [6.07, 6.45) is 0. The van der Waals surface area contributed by atoms with Gasteiger partial charge in [0.15, 0.2) is 6.54 Å². The van der Waals surface area contributed by atoms with Crippen LogP contribution < -0.4 is 16.0 Å². The van der Waals surface area contributed by atoms with Gasteiger partial charge in [-0.25, -0.2) is 0 Å². The number of benzene rings is 3. The third-order valence-electron chi connectivity index (χ3n) is 4.71. The van der Waals surface area contributed by atoms with E-state index in [1.165, 1.54) is 12.1 Å². The quantitative estimate of drug-likeness (QED) is 0.274. The van der Waals surface area contributed by atoms with E-state index in [0.29, 0.717) is 19.6 Å². The van der Waals surface area contributed by atoms with E-state index >= 15 is 0 Å². The van der Waals surface area contributed by atoms with Crippen molar-refractivity contribution in [3.8, 4) is 0 Å². The van der Waals surface area contributed by atoms with Gasteiger partial charge in [0.2, 0.25) is 0 Å². The van der Waals surface area contributed by atoms with Gasteiger partial charge < -0.3 is 16.0 Å². The Kier molecular flexibility index (Phi) is 7.51. The third-order valence-corrected chi connectivity index (χ3v) is 4.71. The number of hydrogen-bond acceptors (Lipinski definition) is 4. The standard InChI is InChI=1S/C23H24N4O3/c28-22(25-16-15-24-20-11-13-21(14-12-20)27(29)30)17-26-23(18-7-3-1-4-8-18)19-9-5-2-6-10-19/h1-14,23-24,26H,15-17H2,(H,25,28)/p+1. The van der Waals surface area contributed by atoms with Gasteiger partial charge in [0.05, 0.1) is 4.92 Å². The second kappa shape index (κ2) is 10.7. The zero-order valence-electron chi connectivity index (χ0n) is 16.5. The largest absolute Gasteiger partial charge is 0.383 e. The van der Waals surface area contributed by atoms with Crippen LogP contribution in [0.2, 0.25) is 0 Å². The molecule has 0 radical (unpaired) electrons. The van der Waals surface area contributed by atoms with Crippen LogP contribution in [-0.2, 0) is 4.79 Å². The van der Waals surface area contributed by atoms with Crippen LogP contribution in [0.15, 0.2) is 84.9 Å². The van der Waals surface area contributed by atoms with Crippen LogP contribution in [0.25, 0.3) is 0 Å². The molecule has 0 unspecified atom stereocenters. The van der Waals surface area contributed by atoms with E-state index in [4.69, 9.17) is 0 Å². The number of anilines is 1. The Morgan fingerprint density at radius 1 is 0.867 bits per heavy atom. The van der Waals surface area contributed by atoms with Crippen LogP contribution in [0.5, 0.6) is 0 Å². The summed E-state index contributed by atoms with van der Waals surface area (Å²) in [6, 6.07) is 26.5. The van der Waals surface area contributed by atoms with E-state index in [1.807, 2.05) is 41.7 Å². The summed E-state index contributed by atoms with van der Waals surface area (Å²) in [6.45, 7) is 1.31. The fraction of sp³-hybridized carbons (Fsp3) is 0.174. The maximum atomic E-state index is 12.3. The van der Waals surface area contributed by atoms with Crippen molar-refractivity contribution >= 4 is 17.3 Å². The number of nitrogens with two attached hydrogens (primary N) is 1. The molecule has 0 fully saturated rings. The molecule has 4 N–H and O–H groups in total. The van der Waals surface area contributed by atoms with Crippen LogP contribution in [0, 0.1) is 10.1 Å². The predicted molar refractivity (Wildman–Crippen MR) is 116 cm³/mol. The van der Waals surface area contributed by atoms with Gasteiger partial charge in [-0.05, 0) is 12.1 Å². The number of non-ortho nitro benzene ring substituents is 1. The van der Waals surface area contributed by atoms with Crippen molar-refractivity contribution in [1.82, 2.24) is 5.32 Å². The number of carbonyl (C=O) groups is 1.